The lowest BCUT2D eigenvalue weighted by Crippen LogP contribution is -2.34. The van der Waals surface area contributed by atoms with E-state index >= 15 is 0 Å². The van der Waals surface area contributed by atoms with Gasteiger partial charge in [-0.15, -0.1) is 0 Å². The van der Waals surface area contributed by atoms with Crippen LogP contribution in [0, 0.1) is 16.7 Å². The predicted molar refractivity (Wildman–Crippen MR) is 89.3 cm³/mol. The Morgan fingerprint density at radius 1 is 1.46 bits per heavy atom. The monoisotopic (exact) mass is 336 g/mol. The lowest BCUT2D eigenvalue weighted by Gasteiger charge is -2.22. The highest BCUT2D eigenvalue weighted by atomic mass is 19.3. The van der Waals surface area contributed by atoms with Crippen molar-refractivity contribution in [2.24, 2.45) is 0 Å². The number of ether oxygens (including phenoxy) is 1. The van der Waals surface area contributed by atoms with Gasteiger partial charge in [0.15, 0.2) is 5.88 Å². The second-order valence-corrected chi connectivity index (χ2v) is 4.96. The highest BCUT2D eigenvalue weighted by Gasteiger charge is 2.14. The maximum Gasteiger partial charge on any atom is 0.255 e. The van der Waals surface area contributed by atoms with Crippen LogP contribution in [0.1, 0.15) is 25.0 Å². The van der Waals surface area contributed by atoms with Gasteiger partial charge in [0.2, 0.25) is 0 Å². The Bertz CT molecular complexity index is 638. The lowest BCUT2D eigenvalue weighted by molar-refractivity contribution is 0.117. The van der Waals surface area contributed by atoms with Crippen LogP contribution in [-0.2, 0) is 6.42 Å². The van der Waals surface area contributed by atoms with Crippen molar-refractivity contribution in [1.29, 1.82) is 10.7 Å². The molecule has 0 aliphatic carbocycles. The summed E-state index contributed by atoms with van der Waals surface area (Å²) in [4.78, 5) is 1.25. The van der Waals surface area contributed by atoms with Crippen molar-refractivity contribution >= 4 is 5.84 Å². The average Bonchev–Trinajstić information content (AvgIpc) is 2.58. The summed E-state index contributed by atoms with van der Waals surface area (Å²) in [5.41, 5.74) is 1.36. The van der Waals surface area contributed by atoms with Gasteiger partial charge in [0.25, 0.3) is 6.43 Å². The number of amidine groups is 1. The second kappa shape index (κ2) is 9.50. The molecule has 0 aromatic heterocycles. The Hall–Kier alpha value is -2.62. The zero-order chi connectivity index (χ0) is 18.1. The van der Waals surface area contributed by atoms with E-state index in [1.807, 2.05) is 19.1 Å². The summed E-state index contributed by atoms with van der Waals surface area (Å²) in [7, 11) is 1.61. The van der Waals surface area contributed by atoms with Crippen molar-refractivity contribution in [3.63, 3.8) is 0 Å². The van der Waals surface area contributed by atoms with Crippen molar-refractivity contribution < 1.29 is 13.5 Å². The SMILES string of the molecule is CCc1ccc(C#N)cc1O/C(=C/C(=N)N(CC)CC(F)F)NC. The topological polar surface area (TPSA) is 72.1 Å². The van der Waals surface area contributed by atoms with E-state index in [0.29, 0.717) is 24.3 Å². The minimum absolute atomic E-state index is 0.0726. The fourth-order valence-electron chi connectivity index (χ4n) is 2.06. The average molecular weight is 336 g/mol. The molecule has 0 bridgehead atoms. The number of benzene rings is 1. The highest BCUT2D eigenvalue weighted by molar-refractivity contribution is 5.90. The quantitative estimate of drug-likeness (QED) is 0.435. The van der Waals surface area contributed by atoms with Gasteiger partial charge in [-0.05, 0) is 31.0 Å². The molecule has 130 valence electrons. The van der Waals surface area contributed by atoms with Crippen LogP contribution in [0.4, 0.5) is 8.78 Å². The summed E-state index contributed by atoms with van der Waals surface area (Å²) >= 11 is 0. The molecule has 0 fully saturated rings. The molecule has 0 saturated heterocycles. The van der Waals surface area contributed by atoms with E-state index in [1.165, 1.54) is 11.0 Å². The van der Waals surface area contributed by atoms with Crippen molar-refractivity contribution in [2.45, 2.75) is 26.7 Å². The number of hydrogen-bond donors (Lipinski definition) is 2. The van der Waals surface area contributed by atoms with Crippen molar-refractivity contribution in [3.8, 4) is 11.8 Å². The van der Waals surface area contributed by atoms with E-state index in [4.69, 9.17) is 15.4 Å². The molecule has 7 heteroatoms. The van der Waals surface area contributed by atoms with E-state index in [2.05, 4.69) is 5.32 Å². The number of alkyl halides is 2. The van der Waals surface area contributed by atoms with Crippen LogP contribution in [0.3, 0.4) is 0 Å². The van der Waals surface area contributed by atoms with Crippen LogP contribution in [0.5, 0.6) is 5.75 Å². The third-order valence-electron chi connectivity index (χ3n) is 3.39. The number of nitrogens with zero attached hydrogens (tertiary/aromatic N) is 2. The molecule has 0 spiro atoms. The summed E-state index contributed by atoms with van der Waals surface area (Å²) in [6.07, 6.45) is -0.455. The third-order valence-corrected chi connectivity index (χ3v) is 3.39. The summed E-state index contributed by atoms with van der Waals surface area (Å²) < 4.78 is 30.8. The number of nitriles is 1. The number of nitrogens with one attached hydrogen (secondary N) is 2. The molecule has 0 aliphatic rings. The molecular formula is C17H22F2N4O. The molecule has 0 unspecified atom stereocenters. The minimum atomic E-state index is -2.52. The summed E-state index contributed by atoms with van der Waals surface area (Å²) in [5.74, 6) is 0.677. The fourth-order valence-corrected chi connectivity index (χ4v) is 2.06. The number of hydrogen-bond acceptors (Lipinski definition) is 4. The Morgan fingerprint density at radius 3 is 2.67 bits per heavy atom. The number of rotatable bonds is 8. The van der Waals surface area contributed by atoms with Crippen molar-refractivity contribution in [2.75, 3.05) is 20.1 Å². The lowest BCUT2D eigenvalue weighted by atomic mass is 10.1. The van der Waals surface area contributed by atoms with E-state index in [0.717, 1.165) is 5.56 Å². The smallest absolute Gasteiger partial charge is 0.255 e. The zero-order valence-corrected chi connectivity index (χ0v) is 14.1. The van der Waals surface area contributed by atoms with Gasteiger partial charge in [0.05, 0.1) is 18.2 Å². The molecule has 5 nitrogen and oxygen atoms in total. The van der Waals surface area contributed by atoms with Gasteiger partial charge in [-0.3, -0.25) is 5.41 Å². The number of halogens is 2. The Morgan fingerprint density at radius 2 is 2.17 bits per heavy atom. The Labute approximate surface area is 141 Å². The summed E-state index contributed by atoms with van der Waals surface area (Å²) in [6, 6.07) is 7.17. The Kier molecular flexibility index (Phi) is 7.69. The minimum Gasteiger partial charge on any atom is -0.441 e. The molecule has 1 rings (SSSR count). The number of aryl methyl sites for hydroxylation is 1. The van der Waals surface area contributed by atoms with Crippen LogP contribution in [0.25, 0.3) is 0 Å². The normalized spacial score (nSPS) is 11.1. The maximum absolute atomic E-state index is 12.5. The van der Waals surface area contributed by atoms with Crippen LogP contribution in [0.15, 0.2) is 30.2 Å². The molecule has 1 aromatic carbocycles. The first-order valence-corrected chi connectivity index (χ1v) is 7.67. The summed E-state index contributed by atoms with van der Waals surface area (Å²) in [6.45, 7) is 3.45. The zero-order valence-electron chi connectivity index (χ0n) is 14.1. The van der Waals surface area contributed by atoms with Crippen LogP contribution < -0.4 is 10.1 Å². The van der Waals surface area contributed by atoms with Gasteiger partial charge in [-0.1, -0.05) is 13.0 Å². The first-order chi connectivity index (χ1) is 11.4. The van der Waals surface area contributed by atoms with Crippen LogP contribution >= 0.6 is 0 Å². The van der Waals surface area contributed by atoms with Crippen LogP contribution in [-0.4, -0.2) is 37.3 Å². The molecule has 0 radical (unpaired) electrons. The van der Waals surface area contributed by atoms with E-state index in [9.17, 15) is 8.78 Å². The molecule has 0 heterocycles. The molecule has 2 N–H and O–H groups in total. The first-order valence-electron chi connectivity index (χ1n) is 7.67. The fraction of sp³-hybridized carbons (Fsp3) is 0.412. The molecule has 0 amide bonds. The molecule has 24 heavy (non-hydrogen) atoms. The largest absolute Gasteiger partial charge is 0.441 e. The van der Waals surface area contributed by atoms with Gasteiger partial charge in [-0.25, -0.2) is 8.78 Å². The van der Waals surface area contributed by atoms with E-state index < -0.39 is 13.0 Å². The van der Waals surface area contributed by atoms with E-state index in [1.54, 1.807) is 26.1 Å². The second-order valence-electron chi connectivity index (χ2n) is 4.96. The van der Waals surface area contributed by atoms with Gasteiger partial charge in [0.1, 0.15) is 11.6 Å². The highest BCUT2D eigenvalue weighted by Crippen LogP contribution is 2.22. The number of likely N-dealkylation sites (N-methyl/N-ethyl adjacent to an activating group) is 1. The summed E-state index contributed by atoms with van der Waals surface area (Å²) in [5, 5.41) is 19.8. The van der Waals surface area contributed by atoms with Gasteiger partial charge < -0.3 is 15.0 Å². The molecular weight excluding hydrogens is 314 g/mol. The standard InChI is InChI=1S/C17H22F2N4O/c1-4-13-7-6-12(10-20)8-14(13)24-17(22-3)9-16(21)23(5-2)11-15(18)19/h6-9,15,21-22H,4-5,11H2,1-3H3/b17-9+,21-16?. The van der Waals surface area contributed by atoms with Gasteiger partial charge in [-0.2, -0.15) is 5.26 Å². The van der Waals surface area contributed by atoms with Crippen molar-refractivity contribution in [1.82, 2.24) is 10.2 Å². The molecule has 0 aliphatic heterocycles. The Balaban J connectivity index is 3.02. The molecule has 1 aromatic rings. The van der Waals surface area contributed by atoms with E-state index in [-0.39, 0.29) is 11.7 Å². The molecule has 0 saturated carbocycles. The van der Waals surface area contributed by atoms with Gasteiger partial charge in [0, 0.05) is 19.7 Å². The third kappa shape index (κ3) is 5.54. The first kappa shape index (κ1) is 19.4. The predicted octanol–water partition coefficient (Wildman–Crippen LogP) is 3.12. The molecule has 0 atom stereocenters. The van der Waals surface area contributed by atoms with Crippen molar-refractivity contribution in [3.05, 3.63) is 41.3 Å². The van der Waals surface area contributed by atoms with Gasteiger partial charge >= 0.3 is 0 Å². The van der Waals surface area contributed by atoms with Crippen LogP contribution in [0.2, 0.25) is 0 Å². The maximum atomic E-state index is 12.5.